The van der Waals surface area contributed by atoms with Crippen LogP contribution in [0.2, 0.25) is 0 Å². The Bertz CT molecular complexity index is 130. The molecule has 3 nitrogen and oxygen atoms in total. The molecule has 1 aliphatic heterocycles. The zero-order valence-electron chi connectivity index (χ0n) is 6.75. The van der Waals surface area contributed by atoms with E-state index in [2.05, 4.69) is 5.09 Å². The van der Waals surface area contributed by atoms with Gasteiger partial charge in [0.1, 0.15) is 0 Å². The fourth-order valence-electron chi connectivity index (χ4n) is 1.68. The van der Waals surface area contributed by atoms with Crippen LogP contribution in [0.3, 0.4) is 0 Å². The summed E-state index contributed by atoms with van der Waals surface area (Å²) in [6, 6.07) is 0. The highest BCUT2D eigenvalue weighted by Gasteiger charge is 2.37. The molecule has 1 heterocycles. The van der Waals surface area contributed by atoms with Gasteiger partial charge in [0.15, 0.2) is 0 Å². The van der Waals surface area contributed by atoms with Crippen molar-refractivity contribution in [3.63, 3.8) is 0 Å². The minimum Gasteiger partial charge on any atom is -0.316 e. The molecule has 1 aliphatic carbocycles. The van der Waals surface area contributed by atoms with Crippen LogP contribution in [-0.2, 0) is 9.05 Å². The van der Waals surface area contributed by atoms with Gasteiger partial charge in [0.25, 0.3) is 8.53 Å². The molecule has 0 aromatic rings. The number of hydrogen-bond acceptors (Lipinski definition) is 3. The summed E-state index contributed by atoms with van der Waals surface area (Å²) in [4.78, 5) is 0. The van der Waals surface area contributed by atoms with Crippen molar-refractivity contribution in [1.29, 1.82) is 0 Å². The molecule has 1 N–H and O–H groups in total. The van der Waals surface area contributed by atoms with Crippen molar-refractivity contribution >= 4 is 8.53 Å². The average Bonchev–Trinajstić information content (AvgIpc) is 2.46. The second-order valence-electron chi connectivity index (χ2n) is 3.05. The molecule has 0 amide bonds. The second kappa shape index (κ2) is 3.36. The molecule has 2 atom stereocenters. The molecule has 2 fully saturated rings. The Morgan fingerprint density at radius 1 is 1.18 bits per heavy atom. The molecule has 2 aliphatic rings. The van der Waals surface area contributed by atoms with Crippen LogP contribution >= 0.6 is 8.53 Å². The fraction of sp³-hybridized carbons (Fsp3) is 1.00. The molecule has 2 unspecified atom stereocenters. The van der Waals surface area contributed by atoms with Gasteiger partial charge in [0.2, 0.25) is 0 Å². The Morgan fingerprint density at radius 2 is 1.73 bits per heavy atom. The summed E-state index contributed by atoms with van der Waals surface area (Å²) < 4.78 is 11.3. The van der Waals surface area contributed by atoms with Gasteiger partial charge in [0.05, 0.1) is 12.2 Å². The van der Waals surface area contributed by atoms with Gasteiger partial charge in [-0.3, -0.25) is 5.09 Å². The first-order valence-electron chi connectivity index (χ1n) is 4.21. The summed E-state index contributed by atoms with van der Waals surface area (Å²) in [6.45, 7) is 0. The van der Waals surface area contributed by atoms with E-state index >= 15 is 0 Å². The predicted octanol–water partition coefficient (Wildman–Crippen LogP) is 1.79. The Morgan fingerprint density at radius 3 is 2.18 bits per heavy atom. The van der Waals surface area contributed by atoms with E-state index in [0.717, 1.165) is 0 Å². The minimum absolute atomic E-state index is 0.391. The van der Waals surface area contributed by atoms with Gasteiger partial charge in [-0.1, -0.05) is 12.8 Å². The molecule has 2 rings (SSSR count). The van der Waals surface area contributed by atoms with Crippen LogP contribution in [0.1, 0.15) is 25.7 Å². The molecule has 64 valence electrons. The lowest BCUT2D eigenvalue weighted by Crippen LogP contribution is -2.25. The Balaban J connectivity index is 1.92. The summed E-state index contributed by atoms with van der Waals surface area (Å²) in [5.74, 6) is 0. The Labute approximate surface area is 68.4 Å². The van der Waals surface area contributed by atoms with E-state index in [1.807, 2.05) is 7.05 Å². The summed E-state index contributed by atoms with van der Waals surface area (Å²) in [6.07, 6.45) is 5.76. The SMILES string of the molecule is CNP1OC2CCCCC2O1. The van der Waals surface area contributed by atoms with E-state index in [4.69, 9.17) is 9.05 Å². The minimum atomic E-state index is -0.743. The van der Waals surface area contributed by atoms with Crippen molar-refractivity contribution in [2.75, 3.05) is 7.05 Å². The van der Waals surface area contributed by atoms with Gasteiger partial charge in [0, 0.05) is 0 Å². The van der Waals surface area contributed by atoms with Crippen molar-refractivity contribution in [3.8, 4) is 0 Å². The average molecular weight is 175 g/mol. The maximum absolute atomic E-state index is 5.65. The second-order valence-corrected chi connectivity index (χ2v) is 4.44. The van der Waals surface area contributed by atoms with Crippen molar-refractivity contribution in [2.24, 2.45) is 0 Å². The number of fused-ring (bicyclic) bond motifs is 1. The van der Waals surface area contributed by atoms with Crippen molar-refractivity contribution < 1.29 is 9.05 Å². The van der Waals surface area contributed by atoms with E-state index in [9.17, 15) is 0 Å². The zero-order valence-corrected chi connectivity index (χ0v) is 7.64. The molecular weight excluding hydrogens is 161 g/mol. The normalized spacial score (nSPS) is 43.9. The first-order valence-corrected chi connectivity index (χ1v) is 5.39. The highest BCUT2D eigenvalue weighted by atomic mass is 31.2. The number of nitrogens with one attached hydrogen (secondary N) is 1. The van der Waals surface area contributed by atoms with E-state index < -0.39 is 8.53 Å². The predicted molar refractivity (Wildman–Crippen MR) is 44.2 cm³/mol. The smallest absolute Gasteiger partial charge is 0.256 e. The molecule has 11 heavy (non-hydrogen) atoms. The highest BCUT2D eigenvalue weighted by Crippen LogP contribution is 2.48. The standard InChI is InChI=1S/C7H14NO2P/c1-8-11-9-6-4-2-3-5-7(6)10-11/h6-8H,2-5H2,1H3. The first-order chi connectivity index (χ1) is 5.40. The van der Waals surface area contributed by atoms with E-state index in [1.165, 1.54) is 25.7 Å². The van der Waals surface area contributed by atoms with Crippen molar-refractivity contribution in [3.05, 3.63) is 0 Å². The van der Waals surface area contributed by atoms with Crippen molar-refractivity contribution in [1.82, 2.24) is 5.09 Å². The molecule has 0 aromatic heterocycles. The molecule has 0 radical (unpaired) electrons. The number of hydrogen-bond donors (Lipinski definition) is 1. The lowest BCUT2D eigenvalue weighted by atomic mass is 9.95. The lowest BCUT2D eigenvalue weighted by molar-refractivity contribution is 0.110. The van der Waals surface area contributed by atoms with Crippen LogP contribution in [0.5, 0.6) is 0 Å². The summed E-state index contributed by atoms with van der Waals surface area (Å²) in [7, 11) is 1.15. The zero-order chi connectivity index (χ0) is 7.68. The molecule has 0 aromatic carbocycles. The summed E-state index contributed by atoms with van der Waals surface area (Å²) in [5, 5.41) is 3.04. The van der Waals surface area contributed by atoms with E-state index in [1.54, 1.807) is 0 Å². The van der Waals surface area contributed by atoms with Gasteiger partial charge >= 0.3 is 0 Å². The molecule has 1 saturated heterocycles. The van der Waals surface area contributed by atoms with Crippen LogP contribution in [-0.4, -0.2) is 19.3 Å². The van der Waals surface area contributed by atoms with Crippen LogP contribution in [0.4, 0.5) is 0 Å². The first kappa shape index (κ1) is 7.93. The molecule has 0 bridgehead atoms. The van der Waals surface area contributed by atoms with Gasteiger partial charge < -0.3 is 9.05 Å². The number of rotatable bonds is 1. The maximum Gasteiger partial charge on any atom is 0.256 e. The Hall–Kier alpha value is 0.310. The van der Waals surface area contributed by atoms with E-state index in [0.29, 0.717) is 12.2 Å². The van der Waals surface area contributed by atoms with Crippen LogP contribution in [0, 0.1) is 0 Å². The van der Waals surface area contributed by atoms with Crippen LogP contribution in [0.15, 0.2) is 0 Å². The third-order valence-electron chi connectivity index (χ3n) is 2.29. The maximum atomic E-state index is 5.65. The van der Waals surface area contributed by atoms with Gasteiger partial charge in [-0.2, -0.15) is 0 Å². The Kier molecular flexibility index (Phi) is 2.42. The monoisotopic (exact) mass is 175 g/mol. The van der Waals surface area contributed by atoms with Crippen LogP contribution < -0.4 is 5.09 Å². The molecule has 1 saturated carbocycles. The fourth-order valence-corrected chi connectivity index (χ4v) is 2.91. The van der Waals surface area contributed by atoms with Gasteiger partial charge in [-0.15, -0.1) is 0 Å². The summed E-state index contributed by atoms with van der Waals surface area (Å²) >= 11 is 0. The lowest BCUT2D eigenvalue weighted by Gasteiger charge is -2.20. The van der Waals surface area contributed by atoms with Gasteiger partial charge in [-0.25, -0.2) is 0 Å². The molecule has 0 spiro atoms. The van der Waals surface area contributed by atoms with Crippen molar-refractivity contribution in [2.45, 2.75) is 37.9 Å². The highest BCUT2D eigenvalue weighted by molar-refractivity contribution is 7.45. The summed E-state index contributed by atoms with van der Waals surface area (Å²) in [5.41, 5.74) is 0. The third kappa shape index (κ3) is 1.57. The quantitative estimate of drug-likeness (QED) is 0.616. The van der Waals surface area contributed by atoms with E-state index in [-0.39, 0.29) is 0 Å². The topological polar surface area (TPSA) is 30.5 Å². The largest absolute Gasteiger partial charge is 0.316 e. The van der Waals surface area contributed by atoms with Crippen LogP contribution in [0.25, 0.3) is 0 Å². The van der Waals surface area contributed by atoms with Gasteiger partial charge in [-0.05, 0) is 19.9 Å². The molecule has 4 heteroatoms. The molecular formula is C7H14NO2P. The third-order valence-corrected chi connectivity index (χ3v) is 3.58.